The molecule has 0 unspecified atom stereocenters. The average Bonchev–Trinajstić information content (AvgIpc) is 2.62. The maximum Gasteiger partial charge on any atom is 0.347 e. The van der Waals surface area contributed by atoms with Gasteiger partial charge in [-0.3, -0.25) is 9.88 Å². The average molecular weight is 333 g/mol. The Kier molecular flexibility index (Phi) is 6.55. The standard InChI is InChI=1S/C18H24NO3P/c1-15(17-12-8-5-9-13-17)19-18(23(20,21-2)22-3)14-16-10-6-4-7-11-16/h4-13,15,18-19H,14H2,1-3H3/t15-,18-/m1/s1. The van der Waals surface area contributed by atoms with E-state index in [1.165, 1.54) is 14.2 Å². The predicted octanol–water partition coefficient (Wildman–Crippen LogP) is 4.39. The lowest BCUT2D eigenvalue weighted by atomic mass is 10.1. The van der Waals surface area contributed by atoms with Gasteiger partial charge in [-0.1, -0.05) is 60.7 Å². The number of nitrogens with one attached hydrogen (secondary N) is 1. The van der Waals surface area contributed by atoms with Crippen molar-refractivity contribution in [2.75, 3.05) is 14.2 Å². The molecule has 0 saturated heterocycles. The Hall–Kier alpha value is -1.45. The molecule has 2 aromatic carbocycles. The topological polar surface area (TPSA) is 47.6 Å². The summed E-state index contributed by atoms with van der Waals surface area (Å²) in [4.78, 5) is 0. The van der Waals surface area contributed by atoms with E-state index < -0.39 is 13.4 Å². The molecule has 124 valence electrons. The van der Waals surface area contributed by atoms with Gasteiger partial charge in [0.15, 0.2) is 0 Å². The minimum atomic E-state index is -3.24. The van der Waals surface area contributed by atoms with E-state index in [-0.39, 0.29) is 6.04 Å². The first-order chi connectivity index (χ1) is 11.1. The van der Waals surface area contributed by atoms with Crippen molar-refractivity contribution >= 4 is 7.60 Å². The molecule has 4 nitrogen and oxygen atoms in total. The molecule has 0 radical (unpaired) electrons. The Morgan fingerprint density at radius 2 is 1.48 bits per heavy atom. The number of benzene rings is 2. The quantitative estimate of drug-likeness (QED) is 0.728. The summed E-state index contributed by atoms with van der Waals surface area (Å²) in [5.41, 5.74) is 2.21. The summed E-state index contributed by atoms with van der Waals surface area (Å²) in [6, 6.07) is 20.0. The first-order valence-corrected chi connectivity index (χ1v) is 9.26. The summed E-state index contributed by atoms with van der Waals surface area (Å²) < 4.78 is 23.4. The minimum Gasteiger partial charge on any atom is -0.311 e. The predicted molar refractivity (Wildman–Crippen MR) is 93.6 cm³/mol. The molecule has 2 atom stereocenters. The van der Waals surface area contributed by atoms with Crippen LogP contribution in [0.4, 0.5) is 0 Å². The van der Waals surface area contributed by atoms with Crippen molar-refractivity contribution in [2.45, 2.75) is 25.2 Å². The van der Waals surface area contributed by atoms with E-state index in [0.717, 1.165) is 11.1 Å². The first kappa shape index (κ1) is 17.9. The zero-order chi connectivity index (χ0) is 16.7. The van der Waals surface area contributed by atoms with Gasteiger partial charge in [0.2, 0.25) is 0 Å². The number of hydrogen-bond donors (Lipinski definition) is 1. The van der Waals surface area contributed by atoms with Crippen molar-refractivity contribution in [1.82, 2.24) is 5.32 Å². The van der Waals surface area contributed by atoms with Gasteiger partial charge in [0.25, 0.3) is 0 Å². The van der Waals surface area contributed by atoms with Crippen molar-refractivity contribution in [3.05, 3.63) is 71.8 Å². The van der Waals surface area contributed by atoms with Gasteiger partial charge in [0, 0.05) is 20.3 Å². The van der Waals surface area contributed by atoms with Gasteiger partial charge in [0.05, 0.1) is 0 Å². The summed E-state index contributed by atoms with van der Waals surface area (Å²) in [6.07, 6.45) is 0.566. The third kappa shape index (κ3) is 4.76. The van der Waals surface area contributed by atoms with Crippen molar-refractivity contribution in [2.24, 2.45) is 0 Å². The fraction of sp³-hybridized carbons (Fsp3) is 0.333. The van der Waals surface area contributed by atoms with Crippen LogP contribution in [0.15, 0.2) is 60.7 Å². The molecule has 0 aromatic heterocycles. The fourth-order valence-electron chi connectivity index (χ4n) is 2.55. The smallest absolute Gasteiger partial charge is 0.311 e. The Balaban J connectivity index is 2.21. The van der Waals surface area contributed by atoms with E-state index in [1.54, 1.807) is 0 Å². The Labute approximate surface area is 138 Å². The maximum absolute atomic E-state index is 12.9. The molecule has 23 heavy (non-hydrogen) atoms. The van der Waals surface area contributed by atoms with Crippen LogP contribution in [0.25, 0.3) is 0 Å². The molecule has 0 spiro atoms. The molecule has 0 aliphatic rings. The molecule has 0 amide bonds. The van der Waals surface area contributed by atoms with Crippen LogP contribution < -0.4 is 5.32 Å². The van der Waals surface area contributed by atoms with E-state index in [1.807, 2.05) is 67.6 Å². The monoisotopic (exact) mass is 333 g/mol. The third-order valence-corrected chi connectivity index (χ3v) is 6.02. The van der Waals surface area contributed by atoms with E-state index in [2.05, 4.69) is 5.32 Å². The molecule has 0 aliphatic carbocycles. The van der Waals surface area contributed by atoms with Crippen LogP contribution in [0.5, 0.6) is 0 Å². The highest BCUT2D eigenvalue weighted by Gasteiger charge is 2.35. The van der Waals surface area contributed by atoms with Crippen molar-refractivity contribution < 1.29 is 13.6 Å². The Morgan fingerprint density at radius 1 is 0.957 bits per heavy atom. The third-order valence-electron chi connectivity index (χ3n) is 3.90. The molecular formula is C18H24NO3P. The summed E-state index contributed by atoms with van der Waals surface area (Å²) in [7, 11) is -0.387. The van der Waals surface area contributed by atoms with Gasteiger partial charge in [-0.25, -0.2) is 0 Å². The van der Waals surface area contributed by atoms with Crippen LogP contribution in [0.2, 0.25) is 0 Å². The lowest BCUT2D eigenvalue weighted by Crippen LogP contribution is -2.34. The number of hydrogen-bond acceptors (Lipinski definition) is 4. The minimum absolute atomic E-state index is 0.0311. The lowest BCUT2D eigenvalue weighted by Gasteiger charge is -2.28. The Morgan fingerprint density at radius 3 is 2.00 bits per heavy atom. The number of rotatable bonds is 8. The van der Waals surface area contributed by atoms with E-state index in [9.17, 15) is 4.57 Å². The van der Waals surface area contributed by atoms with E-state index in [4.69, 9.17) is 9.05 Å². The van der Waals surface area contributed by atoms with Crippen LogP contribution in [-0.2, 0) is 20.0 Å². The summed E-state index contributed by atoms with van der Waals surface area (Å²) >= 11 is 0. The molecular weight excluding hydrogens is 309 g/mol. The Bertz CT molecular complexity index is 625. The highest BCUT2D eigenvalue weighted by Crippen LogP contribution is 2.52. The van der Waals surface area contributed by atoms with Gasteiger partial charge in [0.1, 0.15) is 5.78 Å². The van der Waals surface area contributed by atoms with Gasteiger partial charge in [-0.05, 0) is 24.5 Å². The molecule has 2 aromatic rings. The molecule has 5 heteroatoms. The molecule has 1 N–H and O–H groups in total. The second-order valence-electron chi connectivity index (χ2n) is 5.41. The second-order valence-corrected chi connectivity index (χ2v) is 7.84. The van der Waals surface area contributed by atoms with Crippen LogP contribution in [-0.4, -0.2) is 20.0 Å². The van der Waals surface area contributed by atoms with Gasteiger partial charge >= 0.3 is 7.60 Å². The van der Waals surface area contributed by atoms with Gasteiger partial charge in [-0.15, -0.1) is 0 Å². The van der Waals surface area contributed by atoms with Crippen LogP contribution >= 0.6 is 7.60 Å². The SMILES string of the molecule is COP(=O)(OC)[C@H](Cc1ccccc1)N[C@H](C)c1ccccc1. The van der Waals surface area contributed by atoms with Crippen LogP contribution in [0.1, 0.15) is 24.1 Å². The summed E-state index contributed by atoms with van der Waals surface area (Å²) in [5, 5.41) is 3.41. The maximum atomic E-state index is 12.9. The largest absolute Gasteiger partial charge is 0.347 e. The van der Waals surface area contributed by atoms with Gasteiger partial charge < -0.3 is 9.05 Å². The lowest BCUT2D eigenvalue weighted by molar-refractivity contribution is 0.255. The fourth-order valence-corrected chi connectivity index (χ4v) is 4.05. The van der Waals surface area contributed by atoms with Crippen molar-refractivity contribution in [3.63, 3.8) is 0 Å². The molecule has 0 aliphatic heterocycles. The zero-order valence-electron chi connectivity index (χ0n) is 13.8. The molecule has 0 bridgehead atoms. The van der Waals surface area contributed by atoms with E-state index in [0.29, 0.717) is 6.42 Å². The molecule has 0 heterocycles. The molecule has 0 saturated carbocycles. The molecule has 0 fully saturated rings. The molecule has 2 rings (SSSR count). The first-order valence-electron chi connectivity index (χ1n) is 7.65. The van der Waals surface area contributed by atoms with E-state index >= 15 is 0 Å². The zero-order valence-corrected chi connectivity index (χ0v) is 14.7. The highest BCUT2D eigenvalue weighted by molar-refractivity contribution is 7.54. The van der Waals surface area contributed by atoms with Crippen molar-refractivity contribution in [3.8, 4) is 0 Å². The highest BCUT2D eigenvalue weighted by atomic mass is 31.2. The second kappa shape index (κ2) is 8.42. The summed E-state index contributed by atoms with van der Waals surface area (Å²) in [6.45, 7) is 2.04. The van der Waals surface area contributed by atoms with Crippen molar-refractivity contribution in [1.29, 1.82) is 0 Å². The van der Waals surface area contributed by atoms with Gasteiger partial charge in [-0.2, -0.15) is 0 Å². The van der Waals surface area contributed by atoms with Crippen LogP contribution in [0.3, 0.4) is 0 Å². The summed E-state index contributed by atoms with van der Waals surface area (Å²) in [5.74, 6) is -0.421. The normalized spacial score (nSPS) is 14.4. The van der Waals surface area contributed by atoms with Crippen LogP contribution in [0, 0.1) is 0 Å².